The van der Waals surface area contributed by atoms with Crippen LogP contribution in [0, 0.1) is 0 Å². The van der Waals surface area contributed by atoms with Gasteiger partial charge in [-0.25, -0.2) is 4.79 Å². The summed E-state index contributed by atoms with van der Waals surface area (Å²) in [6.45, 7) is -0.441. The van der Waals surface area contributed by atoms with Crippen molar-refractivity contribution in [2.24, 2.45) is 5.16 Å². The highest BCUT2D eigenvalue weighted by Gasteiger charge is 2.12. The molecule has 2 aromatic rings. The van der Waals surface area contributed by atoms with Crippen molar-refractivity contribution in [2.75, 3.05) is 0 Å². The van der Waals surface area contributed by atoms with Gasteiger partial charge in [-0.05, 0) is 17.7 Å². The number of oxazole rings is 1. The van der Waals surface area contributed by atoms with Crippen molar-refractivity contribution in [3.05, 3.63) is 34.3 Å². The van der Waals surface area contributed by atoms with Gasteiger partial charge in [0.2, 0.25) is 0 Å². The first-order valence-electron chi connectivity index (χ1n) is 5.12. The van der Waals surface area contributed by atoms with Crippen LogP contribution >= 0.6 is 0 Å². The van der Waals surface area contributed by atoms with Crippen LogP contribution in [-0.4, -0.2) is 27.1 Å². The van der Waals surface area contributed by atoms with Crippen molar-refractivity contribution in [3.8, 4) is 0 Å². The lowest BCUT2D eigenvalue weighted by molar-refractivity contribution is -0.137. The molecule has 0 aliphatic rings. The summed E-state index contributed by atoms with van der Waals surface area (Å²) in [5.41, 5.74) is 1.52. The van der Waals surface area contributed by atoms with E-state index in [-0.39, 0.29) is 0 Å². The van der Waals surface area contributed by atoms with Crippen LogP contribution in [0.15, 0.2) is 32.6 Å². The maximum absolute atomic E-state index is 11.5. The standard InChI is InChI=1S/C11H10N2O5/c14-10(15)6-13-8-2-1-7(3-4-12-17)5-9(8)18-11(13)16/h1-2,4-5,17H,3,6H2,(H,14,15)/b12-4+. The summed E-state index contributed by atoms with van der Waals surface area (Å²) in [6, 6.07) is 4.91. The predicted molar refractivity (Wildman–Crippen MR) is 62.1 cm³/mol. The Morgan fingerprint density at radius 2 is 2.28 bits per heavy atom. The fourth-order valence-corrected chi connectivity index (χ4v) is 1.67. The minimum Gasteiger partial charge on any atom is -0.480 e. The Morgan fingerprint density at radius 3 is 2.94 bits per heavy atom. The van der Waals surface area contributed by atoms with Gasteiger partial charge in [0.25, 0.3) is 0 Å². The molecule has 0 radical (unpaired) electrons. The molecule has 1 aromatic heterocycles. The second-order valence-electron chi connectivity index (χ2n) is 3.65. The third-order valence-corrected chi connectivity index (χ3v) is 2.43. The van der Waals surface area contributed by atoms with Crippen molar-refractivity contribution >= 4 is 23.3 Å². The Balaban J connectivity index is 2.47. The number of aromatic nitrogens is 1. The summed E-state index contributed by atoms with van der Waals surface area (Å²) in [5.74, 6) is -1.82. The molecule has 0 spiro atoms. The first kappa shape index (κ1) is 11.9. The summed E-state index contributed by atoms with van der Waals surface area (Å²) < 4.78 is 6.00. The van der Waals surface area contributed by atoms with E-state index in [2.05, 4.69) is 5.16 Å². The second kappa shape index (κ2) is 4.74. The molecule has 2 rings (SSSR count). The van der Waals surface area contributed by atoms with Crippen molar-refractivity contribution < 1.29 is 19.5 Å². The maximum atomic E-state index is 11.5. The third kappa shape index (κ3) is 2.24. The number of aliphatic carboxylic acids is 1. The molecule has 1 aromatic carbocycles. The highest BCUT2D eigenvalue weighted by atomic mass is 16.4. The van der Waals surface area contributed by atoms with Gasteiger partial charge in [-0.1, -0.05) is 6.07 Å². The van der Waals surface area contributed by atoms with Gasteiger partial charge in [-0.2, -0.15) is 0 Å². The molecule has 2 N–H and O–H groups in total. The summed E-state index contributed by atoms with van der Waals surface area (Å²) in [7, 11) is 0. The van der Waals surface area contributed by atoms with Crippen LogP contribution in [0.4, 0.5) is 0 Å². The van der Waals surface area contributed by atoms with Crippen molar-refractivity contribution in [2.45, 2.75) is 13.0 Å². The van der Waals surface area contributed by atoms with Crippen LogP contribution in [0.25, 0.3) is 11.1 Å². The largest absolute Gasteiger partial charge is 0.480 e. The van der Waals surface area contributed by atoms with Gasteiger partial charge in [0.15, 0.2) is 5.58 Å². The average molecular weight is 250 g/mol. The van der Waals surface area contributed by atoms with Crippen LogP contribution in [0.2, 0.25) is 0 Å². The molecule has 1 heterocycles. The third-order valence-electron chi connectivity index (χ3n) is 2.43. The quantitative estimate of drug-likeness (QED) is 0.471. The topological polar surface area (TPSA) is 105 Å². The van der Waals surface area contributed by atoms with E-state index in [1.165, 1.54) is 6.21 Å². The van der Waals surface area contributed by atoms with Crippen LogP contribution in [0.1, 0.15) is 5.56 Å². The van der Waals surface area contributed by atoms with Gasteiger partial charge < -0.3 is 14.7 Å². The van der Waals surface area contributed by atoms with Gasteiger partial charge in [-0.3, -0.25) is 9.36 Å². The lowest BCUT2D eigenvalue weighted by atomic mass is 10.1. The second-order valence-corrected chi connectivity index (χ2v) is 3.65. The molecule has 0 atom stereocenters. The molecule has 0 aliphatic heterocycles. The highest BCUT2D eigenvalue weighted by Crippen LogP contribution is 2.15. The van der Waals surface area contributed by atoms with E-state index >= 15 is 0 Å². The predicted octanol–water partition coefficient (Wildman–Crippen LogP) is 0.682. The Bertz CT molecular complexity index is 668. The number of rotatable bonds is 4. The lowest BCUT2D eigenvalue weighted by Crippen LogP contribution is -2.19. The zero-order valence-electron chi connectivity index (χ0n) is 9.24. The van der Waals surface area contributed by atoms with Gasteiger partial charge >= 0.3 is 11.7 Å². The Kier molecular flexibility index (Phi) is 3.13. The number of carbonyl (C=O) groups is 1. The number of hydrogen-bond acceptors (Lipinski definition) is 5. The van der Waals surface area contributed by atoms with Crippen LogP contribution in [0.3, 0.4) is 0 Å². The van der Waals surface area contributed by atoms with E-state index in [0.717, 1.165) is 10.1 Å². The molecule has 0 aliphatic carbocycles. The zero-order chi connectivity index (χ0) is 13.1. The van der Waals surface area contributed by atoms with Crippen LogP contribution in [-0.2, 0) is 17.8 Å². The number of nitrogens with zero attached hydrogens (tertiary/aromatic N) is 2. The molecule has 0 amide bonds. The average Bonchev–Trinajstić information content (AvgIpc) is 2.62. The SMILES string of the molecule is O=C(O)Cn1c(=O)oc2cc(C/C=N/O)ccc21. The maximum Gasteiger partial charge on any atom is 0.420 e. The molecule has 18 heavy (non-hydrogen) atoms. The Labute approximate surface area is 101 Å². The zero-order valence-corrected chi connectivity index (χ0v) is 9.24. The summed E-state index contributed by atoms with van der Waals surface area (Å²) >= 11 is 0. The Hall–Kier alpha value is -2.57. The molecule has 94 valence electrons. The van der Waals surface area contributed by atoms with Crippen molar-refractivity contribution in [1.29, 1.82) is 0 Å². The van der Waals surface area contributed by atoms with Crippen molar-refractivity contribution in [3.63, 3.8) is 0 Å². The molecule has 0 saturated heterocycles. The van der Waals surface area contributed by atoms with Crippen LogP contribution < -0.4 is 5.76 Å². The number of fused-ring (bicyclic) bond motifs is 1. The minimum absolute atomic E-state index is 0.310. The molecule has 0 saturated carbocycles. The van der Waals surface area contributed by atoms with Gasteiger partial charge in [0.1, 0.15) is 6.54 Å². The van der Waals surface area contributed by atoms with Gasteiger partial charge in [0.05, 0.1) is 5.52 Å². The van der Waals surface area contributed by atoms with E-state index in [9.17, 15) is 9.59 Å². The molecule has 0 unspecified atom stereocenters. The number of oxime groups is 1. The molecular weight excluding hydrogens is 240 g/mol. The van der Waals surface area contributed by atoms with Crippen LogP contribution in [0.5, 0.6) is 0 Å². The van der Waals surface area contributed by atoms with E-state index in [1.807, 2.05) is 0 Å². The summed E-state index contributed by atoms with van der Waals surface area (Å²) in [4.78, 5) is 22.1. The number of benzene rings is 1. The normalized spacial score (nSPS) is 11.3. The number of carboxylic acid groups (broad SMARTS) is 1. The number of hydrogen-bond donors (Lipinski definition) is 2. The molecular formula is C11H10N2O5. The van der Waals surface area contributed by atoms with Crippen molar-refractivity contribution in [1.82, 2.24) is 4.57 Å². The van der Waals surface area contributed by atoms with E-state index < -0.39 is 18.3 Å². The van der Waals surface area contributed by atoms with Gasteiger partial charge in [-0.15, -0.1) is 5.16 Å². The fourth-order valence-electron chi connectivity index (χ4n) is 1.67. The van der Waals surface area contributed by atoms with E-state index in [4.69, 9.17) is 14.7 Å². The minimum atomic E-state index is -1.11. The van der Waals surface area contributed by atoms with E-state index in [0.29, 0.717) is 17.5 Å². The summed E-state index contributed by atoms with van der Waals surface area (Å²) in [5, 5.41) is 19.9. The van der Waals surface area contributed by atoms with Gasteiger partial charge in [0, 0.05) is 12.6 Å². The molecule has 7 nitrogen and oxygen atoms in total. The number of carboxylic acids is 1. The fraction of sp³-hybridized carbons (Fsp3) is 0.182. The first-order chi connectivity index (χ1) is 8.61. The smallest absolute Gasteiger partial charge is 0.420 e. The molecule has 7 heteroatoms. The highest BCUT2D eigenvalue weighted by molar-refractivity contribution is 5.77. The molecule has 0 fully saturated rings. The van der Waals surface area contributed by atoms with E-state index in [1.54, 1.807) is 18.2 Å². The molecule has 0 bridgehead atoms. The Morgan fingerprint density at radius 1 is 1.50 bits per heavy atom. The first-order valence-corrected chi connectivity index (χ1v) is 5.12. The monoisotopic (exact) mass is 250 g/mol. The summed E-state index contributed by atoms with van der Waals surface area (Å²) in [6.07, 6.45) is 1.69. The lowest BCUT2D eigenvalue weighted by Gasteiger charge is -1.98.